The molecule has 0 fully saturated rings. The van der Waals surface area contributed by atoms with E-state index in [0.29, 0.717) is 11.8 Å². The van der Waals surface area contributed by atoms with Gasteiger partial charge in [0.05, 0.1) is 11.3 Å². The summed E-state index contributed by atoms with van der Waals surface area (Å²) < 4.78 is 62.0. The number of alkyl halides is 3. The highest BCUT2D eigenvalue weighted by Crippen LogP contribution is 2.29. The average molecular weight is 329 g/mol. The van der Waals surface area contributed by atoms with E-state index in [1.165, 1.54) is 0 Å². The van der Waals surface area contributed by atoms with E-state index in [4.69, 9.17) is 0 Å². The number of hydrogen-bond acceptors (Lipinski definition) is 3. The van der Waals surface area contributed by atoms with Crippen molar-refractivity contribution in [2.75, 3.05) is 0 Å². The summed E-state index contributed by atoms with van der Waals surface area (Å²) in [6, 6.07) is 7.03. The van der Waals surface area contributed by atoms with E-state index >= 15 is 0 Å². The molecule has 0 bridgehead atoms. The third kappa shape index (κ3) is 3.65. The van der Waals surface area contributed by atoms with E-state index < -0.39 is 21.6 Å². The zero-order valence-corrected chi connectivity index (χ0v) is 12.8. The summed E-state index contributed by atoms with van der Waals surface area (Å²) in [6.07, 6.45) is -4.00. The minimum Gasteiger partial charge on any atom is -0.244 e. The number of halogens is 3. The van der Waals surface area contributed by atoms with Crippen molar-refractivity contribution in [3.63, 3.8) is 0 Å². The second-order valence-electron chi connectivity index (χ2n) is 5.07. The first-order valence-corrected chi connectivity index (χ1v) is 8.07. The van der Waals surface area contributed by atoms with Gasteiger partial charge in [0.25, 0.3) is 0 Å². The lowest BCUT2D eigenvalue weighted by Crippen LogP contribution is -2.11. The maximum Gasteiger partial charge on any atom is 0.417 e. The molecule has 0 saturated carbocycles. The quantitative estimate of drug-likeness (QED) is 0.863. The molecule has 0 N–H and O–H groups in total. The Balaban J connectivity index is 2.33. The van der Waals surface area contributed by atoms with Crippen LogP contribution in [0.4, 0.5) is 13.2 Å². The van der Waals surface area contributed by atoms with Crippen LogP contribution in [0.15, 0.2) is 41.6 Å². The van der Waals surface area contributed by atoms with E-state index in [2.05, 4.69) is 4.98 Å². The Morgan fingerprint density at radius 3 is 2.32 bits per heavy atom. The molecule has 7 heteroatoms. The van der Waals surface area contributed by atoms with Gasteiger partial charge in [-0.05, 0) is 37.1 Å². The van der Waals surface area contributed by atoms with Crippen molar-refractivity contribution in [2.24, 2.45) is 0 Å². The Kier molecular flexibility index (Phi) is 4.28. The number of hydrogen-bond donors (Lipinski definition) is 0. The van der Waals surface area contributed by atoms with Gasteiger partial charge >= 0.3 is 6.18 Å². The molecule has 1 aromatic carbocycles. The number of benzene rings is 1. The van der Waals surface area contributed by atoms with E-state index in [0.717, 1.165) is 23.3 Å². The zero-order valence-electron chi connectivity index (χ0n) is 12.0. The third-order valence-corrected chi connectivity index (χ3v) is 4.80. The van der Waals surface area contributed by atoms with Crippen molar-refractivity contribution in [2.45, 2.75) is 30.8 Å². The summed E-state index contributed by atoms with van der Waals surface area (Å²) in [7, 11) is -3.79. The first kappa shape index (κ1) is 16.5. The Hall–Kier alpha value is -1.89. The molecule has 2 rings (SSSR count). The topological polar surface area (TPSA) is 47.0 Å². The molecule has 0 saturated heterocycles. The van der Waals surface area contributed by atoms with Gasteiger partial charge in [-0.3, -0.25) is 0 Å². The zero-order chi connectivity index (χ0) is 16.5. The molecular weight excluding hydrogens is 315 g/mol. The second kappa shape index (κ2) is 5.72. The molecular formula is C15H14F3NO2S. The Labute approximate surface area is 126 Å². The van der Waals surface area contributed by atoms with Gasteiger partial charge in [-0.1, -0.05) is 23.8 Å². The molecule has 118 valence electrons. The van der Waals surface area contributed by atoms with Crippen LogP contribution in [0.5, 0.6) is 0 Å². The van der Waals surface area contributed by atoms with Crippen LogP contribution in [0.25, 0.3) is 0 Å². The van der Waals surface area contributed by atoms with Gasteiger partial charge in [0.15, 0.2) is 14.9 Å². The van der Waals surface area contributed by atoms with Gasteiger partial charge in [0.2, 0.25) is 0 Å². The summed E-state index contributed by atoms with van der Waals surface area (Å²) in [6.45, 7) is 3.62. The fraction of sp³-hybridized carbons (Fsp3) is 0.267. The van der Waals surface area contributed by atoms with Gasteiger partial charge < -0.3 is 0 Å². The lowest BCUT2D eigenvalue weighted by Gasteiger charge is -2.09. The van der Waals surface area contributed by atoms with Gasteiger partial charge in [0.1, 0.15) is 0 Å². The van der Waals surface area contributed by atoms with Crippen LogP contribution in [-0.4, -0.2) is 13.4 Å². The molecule has 0 radical (unpaired) electrons. The monoisotopic (exact) mass is 329 g/mol. The lowest BCUT2D eigenvalue weighted by atomic mass is 10.1. The Morgan fingerprint density at radius 1 is 1.09 bits per heavy atom. The van der Waals surface area contributed by atoms with Crippen molar-refractivity contribution in [1.29, 1.82) is 0 Å². The normalized spacial score (nSPS) is 12.4. The van der Waals surface area contributed by atoms with Gasteiger partial charge in [-0.2, -0.15) is 13.2 Å². The molecule has 0 atom stereocenters. The molecule has 1 heterocycles. The highest BCUT2D eigenvalue weighted by molar-refractivity contribution is 7.90. The number of aromatic nitrogens is 1. The maximum atomic E-state index is 12.5. The standard InChI is InChI=1S/C15H14F3NO2S/c1-10-3-4-11(2)12(7-10)9-22(20,21)14-6-5-13(8-19-14)15(16,17)18/h3-8H,9H2,1-2H3. The molecule has 0 aliphatic carbocycles. The fourth-order valence-electron chi connectivity index (χ4n) is 1.97. The summed E-state index contributed by atoms with van der Waals surface area (Å²) in [4.78, 5) is 3.46. The highest BCUT2D eigenvalue weighted by Gasteiger charge is 2.31. The number of rotatable bonds is 3. The van der Waals surface area contributed by atoms with Crippen LogP contribution >= 0.6 is 0 Å². The molecule has 2 aromatic rings. The van der Waals surface area contributed by atoms with E-state index in [1.807, 2.05) is 13.0 Å². The molecule has 1 aromatic heterocycles. The molecule has 0 aliphatic rings. The predicted octanol–water partition coefficient (Wildman–Crippen LogP) is 3.69. The molecule has 0 unspecified atom stereocenters. The summed E-state index contributed by atoms with van der Waals surface area (Å²) >= 11 is 0. The van der Waals surface area contributed by atoms with Crippen LogP contribution < -0.4 is 0 Å². The predicted molar refractivity (Wildman–Crippen MR) is 76.0 cm³/mol. The summed E-state index contributed by atoms with van der Waals surface area (Å²) in [5.41, 5.74) is 1.36. The van der Waals surface area contributed by atoms with E-state index in [-0.39, 0.29) is 10.8 Å². The van der Waals surface area contributed by atoms with Gasteiger partial charge in [-0.15, -0.1) is 0 Å². The maximum absolute atomic E-state index is 12.5. The summed E-state index contributed by atoms with van der Waals surface area (Å²) in [5, 5.41) is -0.360. The van der Waals surface area contributed by atoms with Crippen LogP contribution in [0.1, 0.15) is 22.3 Å². The average Bonchev–Trinajstić information content (AvgIpc) is 2.42. The Morgan fingerprint density at radius 2 is 1.77 bits per heavy atom. The highest BCUT2D eigenvalue weighted by atomic mass is 32.2. The van der Waals surface area contributed by atoms with Gasteiger partial charge in [-0.25, -0.2) is 13.4 Å². The SMILES string of the molecule is Cc1ccc(C)c(CS(=O)(=O)c2ccc(C(F)(F)F)cn2)c1. The van der Waals surface area contributed by atoms with Crippen molar-refractivity contribution in [3.05, 3.63) is 58.8 Å². The lowest BCUT2D eigenvalue weighted by molar-refractivity contribution is -0.137. The minimum atomic E-state index is -4.54. The number of pyridine rings is 1. The number of aryl methyl sites for hydroxylation is 2. The first-order chi connectivity index (χ1) is 10.1. The van der Waals surface area contributed by atoms with Crippen LogP contribution in [0.2, 0.25) is 0 Å². The second-order valence-corrected chi connectivity index (χ2v) is 7.01. The minimum absolute atomic E-state index is 0.293. The smallest absolute Gasteiger partial charge is 0.244 e. The third-order valence-electron chi connectivity index (χ3n) is 3.23. The van der Waals surface area contributed by atoms with Crippen LogP contribution in [-0.2, 0) is 21.8 Å². The van der Waals surface area contributed by atoms with E-state index in [1.54, 1.807) is 19.1 Å². The largest absolute Gasteiger partial charge is 0.417 e. The number of nitrogens with zero attached hydrogens (tertiary/aromatic N) is 1. The van der Waals surface area contributed by atoms with Crippen molar-refractivity contribution in [3.8, 4) is 0 Å². The Bertz CT molecular complexity index is 781. The van der Waals surface area contributed by atoms with Crippen LogP contribution in [0.3, 0.4) is 0 Å². The van der Waals surface area contributed by atoms with Gasteiger partial charge in [0, 0.05) is 6.20 Å². The molecule has 3 nitrogen and oxygen atoms in total. The van der Waals surface area contributed by atoms with Crippen LogP contribution in [0, 0.1) is 13.8 Å². The summed E-state index contributed by atoms with van der Waals surface area (Å²) in [5.74, 6) is -0.293. The number of sulfone groups is 1. The first-order valence-electron chi connectivity index (χ1n) is 6.42. The molecule has 22 heavy (non-hydrogen) atoms. The molecule has 0 spiro atoms. The van der Waals surface area contributed by atoms with Crippen molar-refractivity contribution in [1.82, 2.24) is 4.98 Å². The van der Waals surface area contributed by atoms with Crippen molar-refractivity contribution >= 4 is 9.84 Å². The van der Waals surface area contributed by atoms with Crippen molar-refractivity contribution < 1.29 is 21.6 Å². The molecule has 0 aliphatic heterocycles. The van der Waals surface area contributed by atoms with E-state index in [9.17, 15) is 21.6 Å². The fourth-order valence-corrected chi connectivity index (χ4v) is 3.32. The molecule has 0 amide bonds.